The van der Waals surface area contributed by atoms with E-state index in [1.54, 1.807) is 23.2 Å². The maximum Gasteiger partial charge on any atom is 0.268 e. The summed E-state index contributed by atoms with van der Waals surface area (Å²) in [6.45, 7) is 9.32. The molecule has 1 aromatic carbocycles. The summed E-state index contributed by atoms with van der Waals surface area (Å²) in [5.41, 5.74) is 2.33. The third-order valence-electron chi connectivity index (χ3n) is 7.43. The van der Waals surface area contributed by atoms with Gasteiger partial charge in [0.2, 0.25) is 5.95 Å². The standard InChI is InChI=1S/C32H37N7O4S/c1-20(18-40)35-15-21-7-8-25-24(12-21)36-31(37-29(41)28-10-9-27(44-28)26-16-34-19-43-26)39(25)17-23-6-5-11-38(23)30(42)22(14-33)13-32(2,3)4/h7-10,12-13,16,19-20,23,35,40H,5-6,11,15,17-18H2,1-4H3,(H,36,37,41)/b22-13+/t20-,23+/m0/s1. The molecular weight excluding hydrogens is 578 g/mol. The highest BCUT2D eigenvalue weighted by molar-refractivity contribution is 7.17. The van der Waals surface area contributed by atoms with Crippen LogP contribution in [0.5, 0.6) is 0 Å². The highest BCUT2D eigenvalue weighted by Gasteiger charge is 2.32. The van der Waals surface area contributed by atoms with Crippen LogP contribution >= 0.6 is 11.3 Å². The van der Waals surface area contributed by atoms with Crippen LogP contribution in [0.4, 0.5) is 5.95 Å². The van der Waals surface area contributed by atoms with E-state index in [1.807, 2.05) is 56.5 Å². The van der Waals surface area contributed by atoms with Gasteiger partial charge in [-0.15, -0.1) is 11.3 Å². The number of anilines is 1. The van der Waals surface area contributed by atoms with Crippen molar-refractivity contribution in [3.8, 4) is 16.7 Å². The molecule has 1 aliphatic heterocycles. The minimum Gasteiger partial charge on any atom is -0.443 e. The summed E-state index contributed by atoms with van der Waals surface area (Å²) in [7, 11) is 0. The van der Waals surface area contributed by atoms with Gasteiger partial charge in [-0.3, -0.25) is 14.9 Å². The van der Waals surface area contributed by atoms with E-state index in [4.69, 9.17) is 9.40 Å². The fourth-order valence-electron chi connectivity index (χ4n) is 5.25. The van der Waals surface area contributed by atoms with E-state index in [1.165, 1.54) is 17.7 Å². The van der Waals surface area contributed by atoms with Crippen molar-refractivity contribution in [2.45, 2.75) is 65.7 Å². The first-order chi connectivity index (χ1) is 21.1. The first-order valence-electron chi connectivity index (χ1n) is 14.6. The number of oxazole rings is 1. The number of amides is 2. The van der Waals surface area contributed by atoms with Crippen molar-refractivity contribution in [1.82, 2.24) is 24.8 Å². The van der Waals surface area contributed by atoms with Gasteiger partial charge in [0.25, 0.3) is 11.8 Å². The molecule has 4 heterocycles. The van der Waals surface area contributed by atoms with E-state index in [0.29, 0.717) is 41.7 Å². The molecule has 5 rings (SSSR count). The number of carbonyl (C=O) groups is 2. The van der Waals surface area contributed by atoms with E-state index >= 15 is 0 Å². The van der Waals surface area contributed by atoms with Crippen LogP contribution in [0, 0.1) is 16.7 Å². The number of likely N-dealkylation sites (tertiary alicyclic amines) is 1. The molecule has 0 radical (unpaired) electrons. The number of rotatable bonds is 10. The number of hydrogen-bond donors (Lipinski definition) is 3. The van der Waals surface area contributed by atoms with Gasteiger partial charge in [-0.05, 0) is 55.0 Å². The van der Waals surface area contributed by atoms with Gasteiger partial charge < -0.3 is 24.3 Å². The van der Waals surface area contributed by atoms with Crippen LogP contribution < -0.4 is 10.6 Å². The Morgan fingerprint density at radius 2 is 2.11 bits per heavy atom. The van der Waals surface area contributed by atoms with E-state index < -0.39 is 0 Å². The molecule has 2 atom stereocenters. The smallest absolute Gasteiger partial charge is 0.268 e. The van der Waals surface area contributed by atoms with Gasteiger partial charge in [-0.2, -0.15) is 5.26 Å². The monoisotopic (exact) mass is 615 g/mol. The van der Waals surface area contributed by atoms with Gasteiger partial charge in [-0.1, -0.05) is 32.9 Å². The second-order valence-electron chi connectivity index (χ2n) is 12.1. The number of hydrogen-bond acceptors (Lipinski definition) is 9. The van der Waals surface area contributed by atoms with Crippen LogP contribution in [-0.4, -0.2) is 61.6 Å². The third kappa shape index (κ3) is 7.07. The highest BCUT2D eigenvalue weighted by atomic mass is 32.1. The highest BCUT2D eigenvalue weighted by Crippen LogP contribution is 2.30. The summed E-state index contributed by atoms with van der Waals surface area (Å²) in [5.74, 6) is 0.375. The van der Waals surface area contributed by atoms with Crippen LogP contribution in [0.2, 0.25) is 0 Å². The Morgan fingerprint density at radius 3 is 2.82 bits per heavy atom. The summed E-state index contributed by atoms with van der Waals surface area (Å²) in [4.78, 5) is 38.8. The number of aromatic nitrogens is 3. The number of aliphatic hydroxyl groups is 1. The zero-order chi connectivity index (χ0) is 31.4. The quantitative estimate of drug-likeness (QED) is 0.167. The minimum atomic E-state index is -0.315. The Bertz CT molecular complexity index is 1710. The SMILES string of the molecule is C[C@@H](CO)NCc1ccc2c(c1)nc(NC(=O)c1ccc(-c3cnco3)s1)n2C[C@H]1CCCN1C(=O)/C(C#N)=C/C(C)(C)C. The molecule has 1 saturated heterocycles. The van der Waals surface area contributed by atoms with E-state index in [0.717, 1.165) is 28.8 Å². The Hall–Kier alpha value is -4.31. The number of aliphatic hydroxyl groups excluding tert-OH is 1. The number of nitriles is 1. The number of nitrogens with one attached hydrogen (secondary N) is 2. The average molecular weight is 616 g/mol. The van der Waals surface area contributed by atoms with Crippen molar-refractivity contribution in [3.63, 3.8) is 0 Å². The molecule has 0 aliphatic carbocycles. The maximum atomic E-state index is 13.5. The molecule has 0 unspecified atom stereocenters. The van der Waals surface area contributed by atoms with Crippen LogP contribution in [-0.2, 0) is 17.9 Å². The van der Waals surface area contributed by atoms with E-state index in [9.17, 15) is 20.0 Å². The predicted molar refractivity (Wildman–Crippen MR) is 169 cm³/mol. The molecule has 4 aromatic rings. The molecule has 230 valence electrons. The number of thiophene rings is 1. The van der Waals surface area contributed by atoms with Crippen molar-refractivity contribution in [1.29, 1.82) is 5.26 Å². The lowest BCUT2D eigenvalue weighted by molar-refractivity contribution is -0.127. The molecule has 44 heavy (non-hydrogen) atoms. The van der Waals surface area contributed by atoms with Crippen molar-refractivity contribution in [2.75, 3.05) is 18.5 Å². The topological polar surface area (TPSA) is 149 Å². The molecule has 1 aliphatic rings. The van der Waals surface area contributed by atoms with Crippen molar-refractivity contribution < 1.29 is 19.1 Å². The predicted octanol–water partition coefficient (Wildman–Crippen LogP) is 4.96. The van der Waals surface area contributed by atoms with Crippen molar-refractivity contribution in [3.05, 3.63) is 65.0 Å². The minimum absolute atomic E-state index is 0.0307. The lowest BCUT2D eigenvalue weighted by Crippen LogP contribution is -2.39. The van der Waals surface area contributed by atoms with Gasteiger partial charge in [0.1, 0.15) is 11.6 Å². The number of benzene rings is 1. The second-order valence-corrected chi connectivity index (χ2v) is 13.2. The zero-order valence-electron chi connectivity index (χ0n) is 25.3. The Labute approximate surface area is 260 Å². The Kier molecular flexibility index (Phi) is 9.29. The van der Waals surface area contributed by atoms with Crippen LogP contribution in [0.1, 0.15) is 55.8 Å². The fourth-order valence-corrected chi connectivity index (χ4v) is 6.10. The van der Waals surface area contributed by atoms with Crippen molar-refractivity contribution >= 4 is 40.1 Å². The maximum absolute atomic E-state index is 13.5. The van der Waals surface area contributed by atoms with Crippen LogP contribution in [0.3, 0.4) is 0 Å². The number of carbonyl (C=O) groups excluding carboxylic acids is 2. The molecule has 2 amide bonds. The average Bonchev–Trinajstić information content (AvgIpc) is 3.81. The summed E-state index contributed by atoms with van der Waals surface area (Å²) in [6, 6.07) is 11.3. The van der Waals surface area contributed by atoms with Crippen molar-refractivity contribution in [2.24, 2.45) is 5.41 Å². The first kappa shape index (κ1) is 31.1. The zero-order valence-corrected chi connectivity index (χ0v) is 26.1. The fraction of sp³-hybridized carbons (Fsp3) is 0.406. The lowest BCUT2D eigenvalue weighted by Gasteiger charge is -2.26. The molecule has 1 fully saturated rings. The number of fused-ring (bicyclic) bond motifs is 1. The Morgan fingerprint density at radius 1 is 1.30 bits per heavy atom. The van der Waals surface area contributed by atoms with Gasteiger partial charge >= 0.3 is 0 Å². The molecule has 0 bridgehead atoms. The number of imidazole rings is 1. The van der Waals surface area contributed by atoms with Gasteiger partial charge in [0, 0.05) is 25.7 Å². The molecule has 0 spiro atoms. The molecule has 3 N–H and O–H groups in total. The summed E-state index contributed by atoms with van der Waals surface area (Å²) >= 11 is 1.29. The molecule has 11 nitrogen and oxygen atoms in total. The summed E-state index contributed by atoms with van der Waals surface area (Å²) < 4.78 is 7.32. The normalized spacial score (nSPS) is 16.3. The van der Waals surface area contributed by atoms with E-state index in [-0.39, 0.29) is 41.5 Å². The molecule has 3 aromatic heterocycles. The van der Waals surface area contributed by atoms with Gasteiger partial charge in [0.15, 0.2) is 12.2 Å². The second kappa shape index (κ2) is 13.1. The number of allylic oxidation sites excluding steroid dienone is 1. The van der Waals surface area contributed by atoms with Crippen LogP contribution in [0.15, 0.2) is 59.0 Å². The van der Waals surface area contributed by atoms with E-state index in [2.05, 4.69) is 21.7 Å². The van der Waals surface area contributed by atoms with Gasteiger partial charge in [-0.25, -0.2) is 9.97 Å². The Balaban J connectivity index is 1.45. The lowest BCUT2D eigenvalue weighted by atomic mass is 9.93. The summed E-state index contributed by atoms with van der Waals surface area (Å²) in [5, 5.41) is 25.4. The van der Waals surface area contributed by atoms with Gasteiger partial charge in [0.05, 0.1) is 39.6 Å². The molecular formula is C32H37N7O4S. The van der Waals surface area contributed by atoms with Crippen LogP contribution in [0.25, 0.3) is 21.7 Å². The number of nitrogens with zero attached hydrogens (tertiary/aromatic N) is 5. The summed E-state index contributed by atoms with van der Waals surface area (Å²) in [6.07, 6.45) is 6.26. The third-order valence-corrected chi connectivity index (χ3v) is 8.53. The molecule has 12 heteroatoms. The molecule has 0 saturated carbocycles. The first-order valence-corrected chi connectivity index (χ1v) is 15.5. The largest absolute Gasteiger partial charge is 0.443 e.